The zero-order valence-electron chi connectivity index (χ0n) is 17.8. The van der Waals surface area contributed by atoms with Crippen molar-refractivity contribution in [1.82, 2.24) is 4.90 Å². The molecule has 0 aliphatic heterocycles. The summed E-state index contributed by atoms with van der Waals surface area (Å²) in [5.74, 6) is 2.00. The third kappa shape index (κ3) is 6.84. The van der Waals surface area contributed by atoms with Gasteiger partial charge >= 0.3 is 0 Å². The van der Waals surface area contributed by atoms with Gasteiger partial charge in [0.05, 0.1) is 5.84 Å². The van der Waals surface area contributed by atoms with Crippen molar-refractivity contribution >= 4 is 35.7 Å². The largest absolute Gasteiger partial charge is 0.357 e. The molecule has 1 aromatic rings. The predicted octanol–water partition coefficient (Wildman–Crippen LogP) is 5.90. The normalized spacial score (nSPS) is 20.9. The van der Waals surface area contributed by atoms with E-state index in [1.54, 1.807) is 0 Å². The lowest BCUT2D eigenvalue weighted by atomic mass is 9.81. The molecule has 29 heavy (non-hydrogen) atoms. The summed E-state index contributed by atoms with van der Waals surface area (Å²) in [6.45, 7) is 7.54. The molecule has 5 nitrogen and oxygen atoms in total. The highest BCUT2D eigenvalue weighted by atomic mass is 35.5. The fraction of sp³-hybridized carbons (Fsp3) is 0.609. The molecule has 0 spiro atoms. The number of rotatable bonds is 7. The van der Waals surface area contributed by atoms with Crippen molar-refractivity contribution in [2.24, 2.45) is 11.8 Å². The van der Waals surface area contributed by atoms with Gasteiger partial charge in [-0.2, -0.15) is 0 Å². The van der Waals surface area contributed by atoms with Gasteiger partial charge in [0, 0.05) is 35.6 Å². The number of carbonyl (C=O) groups is 1. The van der Waals surface area contributed by atoms with Crippen molar-refractivity contribution in [3.05, 3.63) is 28.8 Å². The Morgan fingerprint density at radius 1 is 1.28 bits per heavy atom. The smallest absolute Gasteiger partial charge is 0.224 e. The van der Waals surface area contributed by atoms with Gasteiger partial charge in [-0.15, -0.1) is 0 Å². The van der Waals surface area contributed by atoms with Crippen LogP contribution in [-0.4, -0.2) is 35.9 Å². The minimum Gasteiger partial charge on any atom is -0.357 e. The van der Waals surface area contributed by atoms with Crippen molar-refractivity contribution in [3.63, 3.8) is 0 Å². The quantitative estimate of drug-likeness (QED) is 0.380. The molecule has 0 heterocycles. The lowest BCUT2D eigenvalue weighted by molar-refractivity contribution is -0.116. The molecule has 160 valence electrons. The molecule has 0 bridgehead atoms. The van der Waals surface area contributed by atoms with Crippen LogP contribution in [0, 0.1) is 29.6 Å². The van der Waals surface area contributed by atoms with Crippen LogP contribution in [0.3, 0.4) is 0 Å². The van der Waals surface area contributed by atoms with Crippen LogP contribution >= 0.6 is 11.6 Å². The Balaban J connectivity index is 0.00000145. The van der Waals surface area contributed by atoms with E-state index in [1.165, 1.54) is 25.7 Å². The van der Waals surface area contributed by atoms with Gasteiger partial charge < -0.3 is 15.6 Å². The van der Waals surface area contributed by atoms with E-state index in [9.17, 15) is 4.79 Å². The Kier molecular flexibility index (Phi) is 9.15. The van der Waals surface area contributed by atoms with Crippen molar-refractivity contribution in [2.75, 3.05) is 11.9 Å². The fourth-order valence-corrected chi connectivity index (χ4v) is 4.34. The number of anilines is 1. The van der Waals surface area contributed by atoms with Crippen LogP contribution in [0.5, 0.6) is 0 Å². The van der Waals surface area contributed by atoms with E-state index in [1.807, 2.05) is 25.1 Å². The van der Waals surface area contributed by atoms with E-state index in [-0.39, 0.29) is 5.91 Å². The summed E-state index contributed by atoms with van der Waals surface area (Å²) in [4.78, 5) is 14.6. The molecule has 2 aliphatic carbocycles. The molecule has 2 aliphatic rings. The van der Waals surface area contributed by atoms with Gasteiger partial charge in [-0.1, -0.05) is 37.4 Å². The number of nitrogens with zero attached hydrogens (tertiary/aromatic N) is 1. The number of amidine groups is 1. The van der Waals surface area contributed by atoms with Crippen LogP contribution in [0.15, 0.2) is 18.2 Å². The fourth-order valence-electron chi connectivity index (χ4n) is 4.17. The highest BCUT2D eigenvalue weighted by Gasteiger charge is 2.34. The van der Waals surface area contributed by atoms with Gasteiger partial charge in [-0.05, 0) is 69.4 Å². The van der Waals surface area contributed by atoms with E-state index in [0.717, 1.165) is 48.8 Å². The summed E-state index contributed by atoms with van der Waals surface area (Å²) in [6, 6.07) is 6.10. The first-order valence-corrected chi connectivity index (χ1v) is 11.1. The first-order valence-electron chi connectivity index (χ1n) is 10.7. The Morgan fingerprint density at radius 3 is 2.66 bits per heavy atom. The zero-order chi connectivity index (χ0) is 21.4. The second kappa shape index (κ2) is 11.3. The topological polar surface area (TPSA) is 80.0 Å². The Morgan fingerprint density at radius 2 is 2.00 bits per heavy atom. The maximum atomic E-state index is 12.3. The molecule has 2 unspecified atom stereocenters. The third-order valence-corrected chi connectivity index (χ3v) is 6.37. The molecule has 6 heteroatoms. The van der Waals surface area contributed by atoms with Crippen molar-refractivity contribution in [2.45, 2.75) is 71.3 Å². The van der Waals surface area contributed by atoms with Crippen molar-refractivity contribution in [1.29, 1.82) is 10.8 Å². The van der Waals surface area contributed by atoms with E-state index in [0.29, 0.717) is 23.4 Å². The average molecular weight is 419 g/mol. The second-order valence-electron chi connectivity index (χ2n) is 8.34. The van der Waals surface area contributed by atoms with Gasteiger partial charge in [0.2, 0.25) is 5.91 Å². The first-order chi connectivity index (χ1) is 14.0. The predicted molar refractivity (Wildman–Crippen MR) is 122 cm³/mol. The first kappa shape index (κ1) is 23.4. The van der Waals surface area contributed by atoms with E-state index < -0.39 is 0 Å². The van der Waals surface area contributed by atoms with Crippen LogP contribution in [0.4, 0.5) is 5.69 Å². The molecular formula is C23H35ClN4O. The number of halogens is 1. The molecule has 2 atom stereocenters. The molecule has 3 rings (SSSR count). The zero-order valence-corrected chi connectivity index (χ0v) is 18.5. The van der Waals surface area contributed by atoms with Crippen LogP contribution in [0.2, 0.25) is 5.02 Å². The summed E-state index contributed by atoms with van der Waals surface area (Å²) in [6.07, 6.45) is 8.50. The van der Waals surface area contributed by atoms with Crippen LogP contribution in [0.1, 0.15) is 63.9 Å². The molecule has 3 N–H and O–H groups in total. The Labute approximate surface area is 180 Å². The van der Waals surface area contributed by atoms with Crippen LogP contribution < -0.4 is 5.32 Å². The maximum Gasteiger partial charge on any atom is 0.224 e. The average Bonchev–Trinajstić information content (AvgIpc) is 3.55. The second-order valence-corrected chi connectivity index (χ2v) is 8.75. The van der Waals surface area contributed by atoms with Crippen LogP contribution in [0.25, 0.3) is 0 Å². The third-order valence-electron chi connectivity index (χ3n) is 5.96. The molecule has 2 saturated carbocycles. The molecule has 1 amide bonds. The number of benzene rings is 1. The van der Waals surface area contributed by atoms with Crippen LogP contribution in [-0.2, 0) is 4.79 Å². The summed E-state index contributed by atoms with van der Waals surface area (Å²) >= 11 is 6.12. The maximum absolute atomic E-state index is 12.3. The minimum atomic E-state index is 0.0222. The van der Waals surface area contributed by atoms with Gasteiger partial charge in [0.15, 0.2) is 0 Å². The van der Waals surface area contributed by atoms with Gasteiger partial charge in [-0.25, -0.2) is 0 Å². The molecule has 0 aromatic heterocycles. The van der Waals surface area contributed by atoms with Crippen molar-refractivity contribution < 1.29 is 4.79 Å². The number of hydrogen-bond donors (Lipinski definition) is 3. The number of nitrogens with one attached hydrogen (secondary N) is 3. The number of amides is 1. The number of carbonyl (C=O) groups excluding carboxylic acids is 1. The number of hydrogen-bond acceptors (Lipinski definition) is 3. The highest BCUT2D eigenvalue weighted by molar-refractivity contribution is 6.31. The summed E-state index contributed by atoms with van der Waals surface area (Å²) in [7, 11) is 0. The molecule has 2 fully saturated rings. The van der Waals surface area contributed by atoms with Gasteiger partial charge in [0.25, 0.3) is 0 Å². The Hall–Kier alpha value is -1.88. The van der Waals surface area contributed by atoms with Gasteiger partial charge in [-0.3, -0.25) is 10.2 Å². The summed E-state index contributed by atoms with van der Waals surface area (Å²) < 4.78 is 0. The molecule has 0 saturated heterocycles. The standard InChI is InChI=1S/C22H32ClN3O.CH3N/c1-15-6-3-7-17(14-15)22(24)26(18-11-12-18)13-5-10-21(27)25-20-9-4-8-19(23)16(20)2;1-2/h4,8-9,15,17-18,24H,3,5-7,10-14H2,1-2H3,(H,25,27);2H,1H2. The minimum absolute atomic E-state index is 0.0222. The monoisotopic (exact) mass is 418 g/mol. The molecule has 0 radical (unpaired) electrons. The van der Waals surface area contributed by atoms with E-state index in [4.69, 9.17) is 22.4 Å². The summed E-state index contributed by atoms with van der Waals surface area (Å²) in [5, 5.41) is 17.9. The van der Waals surface area contributed by atoms with E-state index in [2.05, 4.69) is 23.9 Å². The van der Waals surface area contributed by atoms with Crippen molar-refractivity contribution in [3.8, 4) is 0 Å². The lowest BCUT2D eigenvalue weighted by Crippen LogP contribution is -2.39. The lowest BCUT2D eigenvalue weighted by Gasteiger charge is -2.34. The highest BCUT2D eigenvalue weighted by Crippen LogP contribution is 2.34. The Bertz CT molecular complexity index is 704. The summed E-state index contributed by atoms with van der Waals surface area (Å²) in [5.41, 5.74) is 1.69. The van der Waals surface area contributed by atoms with E-state index >= 15 is 0 Å². The molecule has 1 aromatic carbocycles. The SMILES string of the molecule is C=N.Cc1c(Cl)cccc1NC(=O)CCCN(C(=N)C1CCCC(C)C1)C1CC1. The van der Waals surface area contributed by atoms with Gasteiger partial charge in [0.1, 0.15) is 0 Å². The molecular weight excluding hydrogens is 384 g/mol.